The molecule has 0 unspecified atom stereocenters. The van der Waals surface area contributed by atoms with Crippen LogP contribution in [0.5, 0.6) is 0 Å². The van der Waals surface area contributed by atoms with Gasteiger partial charge in [0.25, 0.3) is 0 Å². The Morgan fingerprint density at radius 2 is 0.552 bits per heavy atom. The third-order valence-electron chi connectivity index (χ3n) is 11.2. The molecule has 11 aromatic rings. The van der Waals surface area contributed by atoms with Crippen LogP contribution in [0.1, 0.15) is 0 Å². The van der Waals surface area contributed by atoms with Gasteiger partial charge in [0, 0.05) is 32.9 Å². The first-order valence-electron chi connectivity index (χ1n) is 19.8. The summed E-state index contributed by atoms with van der Waals surface area (Å²) in [6, 6.07) is 85.2. The average Bonchev–Trinajstić information content (AvgIpc) is 3.81. The van der Waals surface area contributed by atoms with Gasteiger partial charge in [-0.25, -0.2) is 0 Å². The summed E-state index contributed by atoms with van der Waals surface area (Å²) >= 11 is 0. The number of fused-ring (bicyclic) bond motifs is 6. The molecule has 0 aliphatic heterocycles. The molecule has 11 rings (SSSR count). The second kappa shape index (κ2) is 14.7. The van der Waals surface area contributed by atoms with Crippen LogP contribution in [0.3, 0.4) is 0 Å². The predicted molar refractivity (Wildman–Crippen MR) is 253 cm³/mol. The molecule has 0 N–H and O–H groups in total. The third-order valence-corrected chi connectivity index (χ3v) is 16.1. The van der Waals surface area contributed by atoms with Crippen molar-refractivity contribution in [1.82, 2.24) is 9.13 Å². The van der Waals surface area contributed by atoms with Crippen LogP contribution in [0.15, 0.2) is 231 Å². The third kappa shape index (κ3) is 5.97. The van der Waals surface area contributed by atoms with E-state index in [1.54, 1.807) is 0 Å². The fraction of sp³-hybridized carbons (Fsp3) is 0. The summed E-state index contributed by atoms with van der Waals surface area (Å²) in [6.07, 6.45) is 0. The largest absolute Gasteiger partial charge is 0.309 e. The van der Waals surface area contributed by atoms with E-state index in [-0.39, 0.29) is 0 Å². The minimum Gasteiger partial charge on any atom is -0.309 e. The lowest BCUT2D eigenvalue weighted by Crippen LogP contribution is -2.20. The van der Waals surface area contributed by atoms with Crippen LogP contribution in [-0.2, 0) is 0 Å². The van der Waals surface area contributed by atoms with Crippen LogP contribution in [-0.4, -0.2) is 9.13 Å². The number of aromatic nitrogens is 2. The van der Waals surface area contributed by atoms with Gasteiger partial charge in [-0.2, -0.15) is 0 Å². The molecular formula is C54H38N2P2. The number of rotatable bonds is 8. The van der Waals surface area contributed by atoms with Crippen molar-refractivity contribution in [1.29, 1.82) is 0 Å². The van der Waals surface area contributed by atoms with Crippen LogP contribution in [0.4, 0.5) is 0 Å². The molecule has 0 bridgehead atoms. The number of hydrogen-bond acceptors (Lipinski definition) is 0. The van der Waals surface area contributed by atoms with Crippen LogP contribution in [0.25, 0.3) is 55.0 Å². The quantitative estimate of drug-likeness (QED) is 0.136. The first kappa shape index (κ1) is 34.7. The summed E-state index contributed by atoms with van der Waals surface area (Å²) in [7, 11) is -1.57. The van der Waals surface area contributed by atoms with Crippen LogP contribution < -0.4 is 31.8 Å². The molecule has 2 nitrogen and oxygen atoms in total. The molecule has 0 radical (unpaired) electrons. The molecule has 0 saturated heterocycles. The van der Waals surface area contributed by atoms with Crippen molar-refractivity contribution in [2.75, 3.05) is 0 Å². The van der Waals surface area contributed by atoms with Crippen molar-refractivity contribution in [2.24, 2.45) is 0 Å². The van der Waals surface area contributed by atoms with Crippen molar-refractivity contribution >= 4 is 91.3 Å². The summed E-state index contributed by atoms with van der Waals surface area (Å²) in [5.74, 6) is 0. The zero-order chi connectivity index (χ0) is 38.4. The highest BCUT2D eigenvalue weighted by Crippen LogP contribution is 2.40. The minimum absolute atomic E-state index is 0.785. The zero-order valence-electron chi connectivity index (χ0n) is 31.7. The second-order valence-corrected chi connectivity index (χ2v) is 19.1. The van der Waals surface area contributed by atoms with E-state index >= 15 is 0 Å². The molecule has 0 spiro atoms. The van der Waals surface area contributed by atoms with Crippen molar-refractivity contribution < 1.29 is 0 Å². The zero-order valence-corrected chi connectivity index (χ0v) is 33.5. The van der Waals surface area contributed by atoms with Gasteiger partial charge >= 0.3 is 0 Å². The van der Waals surface area contributed by atoms with Gasteiger partial charge in [-0.3, -0.25) is 0 Å². The smallest absolute Gasteiger partial charge is 0.0541 e. The summed E-state index contributed by atoms with van der Waals surface area (Å²) < 4.78 is 4.90. The van der Waals surface area contributed by atoms with E-state index in [1.165, 1.54) is 75.4 Å². The number of nitrogens with zero attached hydrogens (tertiary/aromatic N) is 2. The molecule has 0 atom stereocenters. The maximum absolute atomic E-state index is 2.49. The van der Waals surface area contributed by atoms with Crippen molar-refractivity contribution in [3.63, 3.8) is 0 Å². The Hall–Kier alpha value is -6.56. The molecule has 4 heteroatoms. The predicted octanol–water partition coefficient (Wildman–Crippen LogP) is 11.4. The Labute approximate surface area is 340 Å². The Morgan fingerprint density at radius 3 is 0.931 bits per heavy atom. The molecule has 0 amide bonds. The van der Waals surface area contributed by atoms with Gasteiger partial charge in [-0.1, -0.05) is 176 Å². The average molecular weight is 777 g/mol. The number of para-hydroxylation sites is 2. The molecule has 0 saturated carbocycles. The Bertz CT molecular complexity index is 2950. The van der Waals surface area contributed by atoms with Crippen molar-refractivity contribution in [2.45, 2.75) is 0 Å². The van der Waals surface area contributed by atoms with E-state index in [4.69, 9.17) is 0 Å². The topological polar surface area (TPSA) is 9.86 Å². The first-order valence-corrected chi connectivity index (χ1v) is 22.5. The lowest BCUT2D eigenvalue weighted by molar-refractivity contribution is 1.13. The normalized spacial score (nSPS) is 11.8. The van der Waals surface area contributed by atoms with Gasteiger partial charge in [0.2, 0.25) is 0 Å². The van der Waals surface area contributed by atoms with Crippen LogP contribution >= 0.6 is 15.8 Å². The summed E-state index contributed by atoms with van der Waals surface area (Å²) in [5.41, 5.74) is 7.11. The molecule has 9 aromatic carbocycles. The minimum atomic E-state index is -0.785. The Balaban J connectivity index is 1.17. The first-order chi connectivity index (χ1) is 28.8. The fourth-order valence-electron chi connectivity index (χ4n) is 8.73. The van der Waals surface area contributed by atoms with Gasteiger partial charge in [0.05, 0.1) is 22.1 Å². The molecule has 2 aromatic heterocycles. The SMILES string of the molecule is c1ccc(P(c2ccccc2)c2ccc3c(c2)c2cc(P(c4ccccc4)c4ccccc4)ccc2n3-c2cccc(-n3c4ccccc4c4ccccc43)c2)cc1. The highest BCUT2D eigenvalue weighted by Gasteiger charge is 2.23. The molecule has 0 fully saturated rings. The molecule has 58 heavy (non-hydrogen) atoms. The highest BCUT2D eigenvalue weighted by atomic mass is 31.1. The standard InChI is InChI=1S/C54H38N2P2/c1-5-20-41(21-6-1)57(42-22-7-2-8-23-42)45-32-34-53-49(37-45)50-38-46(58(43-24-9-3-10-25-43)44-26-11-4-12-27-44)33-35-54(50)56(53)40-19-17-18-39(36-40)55-51-30-15-13-28-47(51)48-29-14-16-31-52(48)55/h1-38H. The monoisotopic (exact) mass is 776 g/mol. The molecule has 2 heterocycles. The van der Waals surface area contributed by atoms with Gasteiger partial charge < -0.3 is 9.13 Å². The summed E-state index contributed by atoms with van der Waals surface area (Å²) in [5, 5.41) is 13.2. The number of benzene rings is 9. The summed E-state index contributed by atoms with van der Waals surface area (Å²) in [6.45, 7) is 0. The maximum atomic E-state index is 2.49. The summed E-state index contributed by atoms with van der Waals surface area (Å²) in [4.78, 5) is 0. The molecule has 274 valence electrons. The molecule has 0 aliphatic rings. The van der Waals surface area contributed by atoms with E-state index in [1.807, 2.05) is 0 Å². The molecule has 0 aliphatic carbocycles. The Kier molecular flexibility index (Phi) is 8.81. The second-order valence-electron chi connectivity index (χ2n) is 14.6. The van der Waals surface area contributed by atoms with Crippen LogP contribution in [0.2, 0.25) is 0 Å². The van der Waals surface area contributed by atoms with E-state index in [9.17, 15) is 0 Å². The maximum Gasteiger partial charge on any atom is 0.0541 e. The fourth-order valence-corrected chi connectivity index (χ4v) is 13.4. The van der Waals surface area contributed by atoms with E-state index < -0.39 is 15.8 Å². The van der Waals surface area contributed by atoms with Gasteiger partial charge in [0.15, 0.2) is 0 Å². The van der Waals surface area contributed by atoms with E-state index in [0.717, 1.165) is 11.4 Å². The van der Waals surface area contributed by atoms with Crippen LogP contribution in [0, 0.1) is 0 Å². The lowest BCUT2D eigenvalue weighted by atomic mass is 10.1. The van der Waals surface area contributed by atoms with E-state index in [2.05, 4.69) is 240 Å². The molecular weight excluding hydrogens is 739 g/mol. The van der Waals surface area contributed by atoms with Gasteiger partial charge in [-0.05, 0) is 102 Å². The Morgan fingerprint density at radius 1 is 0.224 bits per heavy atom. The van der Waals surface area contributed by atoms with E-state index in [0.29, 0.717) is 0 Å². The van der Waals surface area contributed by atoms with Gasteiger partial charge in [-0.15, -0.1) is 0 Å². The van der Waals surface area contributed by atoms with Gasteiger partial charge in [0.1, 0.15) is 0 Å². The lowest BCUT2D eigenvalue weighted by Gasteiger charge is -2.20. The number of hydrogen-bond donors (Lipinski definition) is 0. The highest BCUT2D eigenvalue weighted by molar-refractivity contribution is 7.80. The van der Waals surface area contributed by atoms with Crippen molar-refractivity contribution in [3.8, 4) is 11.4 Å². The van der Waals surface area contributed by atoms with Crippen molar-refractivity contribution in [3.05, 3.63) is 231 Å².